The summed E-state index contributed by atoms with van der Waals surface area (Å²) in [6.45, 7) is 11.1. The number of aryl methyl sites for hydroxylation is 1. The van der Waals surface area contributed by atoms with Crippen molar-refractivity contribution in [3.63, 3.8) is 0 Å². The van der Waals surface area contributed by atoms with Gasteiger partial charge < -0.3 is 15.5 Å². The van der Waals surface area contributed by atoms with E-state index in [9.17, 15) is 4.79 Å². The van der Waals surface area contributed by atoms with Gasteiger partial charge in [0.05, 0.1) is 16.1 Å². The molecule has 4 rings (SSSR count). The van der Waals surface area contributed by atoms with Gasteiger partial charge in [0.15, 0.2) is 0 Å². The maximum absolute atomic E-state index is 13.0. The molecule has 0 bridgehead atoms. The predicted molar refractivity (Wildman–Crippen MR) is 148 cm³/mol. The molecular weight excluding hydrogens is 454 g/mol. The van der Waals surface area contributed by atoms with E-state index in [0.29, 0.717) is 0 Å². The van der Waals surface area contributed by atoms with Gasteiger partial charge in [-0.25, -0.2) is 0 Å². The molecule has 7 heteroatoms. The van der Waals surface area contributed by atoms with Gasteiger partial charge in [0.2, 0.25) is 0 Å². The summed E-state index contributed by atoms with van der Waals surface area (Å²) in [5.41, 5.74) is 5.72. The fourth-order valence-corrected chi connectivity index (χ4v) is 4.86. The van der Waals surface area contributed by atoms with Crippen molar-refractivity contribution in [1.29, 1.82) is 0 Å². The molecular formula is C28H33N5OS. The third kappa shape index (κ3) is 6.25. The van der Waals surface area contributed by atoms with Crippen LogP contribution in [0, 0.1) is 6.92 Å². The van der Waals surface area contributed by atoms with Crippen LogP contribution < -0.4 is 10.6 Å². The molecule has 0 saturated heterocycles. The van der Waals surface area contributed by atoms with E-state index in [1.165, 1.54) is 11.3 Å². The molecule has 2 aromatic carbocycles. The third-order valence-electron chi connectivity index (χ3n) is 6.18. The number of thiophene rings is 1. The summed E-state index contributed by atoms with van der Waals surface area (Å²) in [6.07, 6.45) is 4.00. The van der Waals surface area contributed by atoms with Crippen LogP contribution in [0.1, 0.15) is 45.9 Å². The Morgan fingerprint density at radius 2 is 1.94 bits per heavy atom. The number of likely N-dealkylation sites (N-methyl/N-ethyl adjacent to an activating group) is 1. The number of aromatic amines is 1. The molecule has 0 unspecified atom stereocenters. The molecule has 0 saturated carbocycles. The molecule has 0 aliphatic rings. The van der Waals surface area contributed by atoms with E-state index in [1.54, 1.807) is 0 Å². The Balaban J connectivity index is 1.54. The number of hydrogen-bond donors (Lipinski definition) is 3. The van der Waals surface area contributed by atoms with Crippen molar-refractivity contribution in [1.82, 2.24) is 20.4 Å². The summed E-state index contributed by atoms with van der Waals surface area (Å²) in [5, 5.41) is 17.2. The number of rotatable bonds is 11. The number of carbonyl (C=O) groups is 1. The number of nitrogens with zero attached hydrogens (tertiary/aromatic N) is 2. The first kappa shape index (κ1) is 24.9. The molecule has 2 aromatic heterocycles. The number of para-hydroxylation sites is 1. The Labute approximate surface area is 211 Å². The van der Waals surface area contributed by atoms with Crippen molar-refractivity contribution in [3.05, 3.63) is 81.2 Å². The number of hydrogen-bond acceptors (Lipinski definition) is 5. The van der Waals surface area contributed by atoms with E-state index < -0.39 is 0 Å². The second-order valence-electron chi connectivity index (χ2n) is 8.50. The first-order chi connectivity index (χ1) is 17.1. The van der Waals surface area contributed by atoms with Gasteiger partial charge in [0.25, 0.3) is 5.91 Å². The van der Waals surface area contributed by atoms with Crippen molar-refractivity contribution in [2.45, 2.75) is 27.3 Å². The fraction of sp³-hybridized carbons (Fsp3) is 0.286. The van der Waals surface area contributed by atoms with Gasteiger partial charge in [-0.05, 0) is 66.4 Å². The van der Waals surface area contributed by atoms with Gasteiger partial charge in [-0.15, -0.1) is 11.3 Å². The summed E-state index contributed by atoms with van der Waals surface area (Å²) < 4.78 is 0. The molecule has 1 amide bonds. The zero-order valence-corrected chi connectivity index (χ0v) is 21.4. The smallest absolute Gasteiger partial charge is 0.266 e. The Morgan fingerprint density at radius 1 is 1.11 bits per heavy atom. The topological polar surface area (TPSA) is 73.1 Å². The third-order valence-corrected chi connectivity index (χ3v) is 7.20. The monoisotopic (exact) mass is 487 g/mol. The molecule has 182 valence electrons. The fourth-order valence-electron chi connectivity index (χ4n) is 4.04. The van der Waals surface area contributed by atoms with Crippen LogP contribution in [-0.2, 0) is 6.54 Å². The molecule has 4 aromatic rings. The van der Waals surface area contributed by atoms with Crippen LogP contribution in [0.4, 0.5) is 5.69 Å². The molecule has 0 spiro atoms. The van der Waals surface area contributed by atoms with E-state index in [1.807, 2.05) is 54.8 Å². The van der Waals surface area contributed by atoms with Crippen LogP contribution in [0.5, 0.6) is 0 Å². The molecule has 0 aliphatic heterocycles. The summed E-state index contributed by atoms with van der Waals surface area (Å²) in [6, 6.07) is 16.3. The van der Waals surface area contributed by atoms with Gasteiger partial charge >= 0.3 is 0 Å². The number of benzene rings is 2. The second-order valence-corrected chi connectivity index (χ2v) is 9.42. The second kappa shape index (κ2) is 11.9. The Morgan fingerprint density at radius 3 is 2.71 bits per heavy atom. The van der Waals surface area contributed by atoms with Crippen LogP contribution in [0.15, 0.2) is 53.9 Å². The summed E-state index contributed by atoms with van der Waals surface area (Å²) in [5.74, 6) is -0.0796. The van der Waals surface area contributed by atoms with Gasteiger partial charge in [0, 0.05) is 30.7 Å². The summed E-state index contributed by atoms with van der Waals surface area (Å²) in [4.78, 5) is 16.1. The van der Waals surface area contributed by atoms with Gasteiger partial charge in [0.1, 0.15) is 0 Å². The Bertz CT molecular complexity index is 1300. The first-order valence-electron chi connectivity index (χ1n) is 12.1. The highest BCUT2D eigenvalue weighted by Gasteiger charge is 2.13. The highest BCUT2D eigenvalue weighted by Crippen LogP contribution is 2.25. The average molecular weight is 488 g/mol. The zero-order chi connectivity index (χ0) is 24.6. The van der Waals surface area contributed by atoms with Crippen LogP contribution in [-0.4, -0.2) is 47.2 Å². The van der Waals surface area contributed by atoms with Crippen molar-refractivity contribution in [2.75, 3.05) is 31.5 Å². The first-order valence-corrected chi connectivity index (χ1v) is 13.0. The summed E-state index contributed by atoms with van der Waals surface area (Å²) >= 11 is 1.46. The van der Waals surface area contributed by atoms with E-state index in [2.05, 4.69) is 57.8 Å². The van der Waals surface area contributed by atoms with Crippen molar-refractivity contribution in [3.8, 4) is 0 Å². The Hall–Kier alpha value is -3.26. The summed E-state index contributed by atoms with van der Waals surface area (Å²) in [7, 11) is 0. The minimum absolute atomic E-state index is 0.0796. The van der Waals surface area contributed by atoms with Gasteiger partial charge in [-0.1, -0.05) is 50.3 Å². The molecule has 0 atom stereocenters. The number of anilines is 1. The zero-order valence-electron chi connectivity index (χ0n) is 20.6. The minimum atomic E-state index is -0.0796. The van der Waals surface area contributed by atoms with E-state index >= 15 is 0 Å². The van der Waals surface area contributed by atoms with Crippen molar-refractivity contribution >= 4 is 46.0 Å². The molecule has 6 nitrogen and oxygen atoms in total. The van der Waals surface area contributed by atoms with Crippen molar-refractivity contribution in [2.24, 2.45) is 0 Å². The predicted octanol–water partition coefficient (Wildman–Crippen LogP) is 5.79. The maximum Gasteiger partial charge on any atom is 0.266 e. The number of carbonyl (C=O) groups excluding carboxylic acids is 1. The van der Waals surface area contributed by atoms with Crippen LogP contribution >= 0.6 is 11.3 Å². The number of amides is 1. The SMILES string of the molecule is CCN(CC)CCNCc1ccc(/C=C/c2n[nH]c3ccccc23)c(NC(=O)c2sccc2C)c1. The van der Waals surface area contributed by atoms with E-state index in [4.69, 9.17) is 0 Å². The molecule has 0 fully saturated rings. The van der Waals surface area contributed by atoms with Crippen LogP contribution in [0.25, 0.3) is 23.1 Å². The van der Waals surface area contributed by atoms with Crippen LogP contribution in [0.3, 0.4) is 0 Å². The quantitative estimate of drug-likeness (QED) is 0.234. The standard InChI is InChI=1S/C28H33N5OS/c1-4-33(5-2)16-15-29-19-21-10-11-22(12-13-25-23-8-6-7-9-24(23)31-32-25)26(18-21)30-28(34)27-20(3)14-17-35-27/h6-14,17-18,29H,4-5,15-16,19H2,1-3H3,(H,30,34)(H,31,32)/b13-12+. The number of aromatic nitrogens is 2. The molecule has 2 heterocycles. The maximum atomic E-state index is 13.0. The van der Waals surface area contributed by atoms with E-state index in [0.717, 1.165) is 76.6 Å². The lowest BCUT2D eigenvalue weighted by Crippen LogP contribution is -2.31. The van der Waals surface area contributed by atoms with Gasteiger partial charge in [-0.3, -0.25) is 9.89 Å². The Kier molecular flexibility index (Phi) is 8.47. The molecule has 3 N–H and O–H groups in total. The lowest BCUT2D eigenvalue weighted by molar-refractivity contribution is 0.103. The van der Waals surface area contributed by atoms with Gasteiger partial charge in [-0.2, -0.15) is 5.10 Å². The lowest BCUT2D eigenvalue weighted by atomic mass is 10.1. The highest BCUT2D eigenvalue weighted by molar-refractivity contribution is 7.12. The highest BCUT2D eigenvalue weighted by atomic mass is 32.1. The largest absolute Gasteiger partial charge is 0.321 e. The normalized spacial score (nSPS) is 11.7. The minimum Gasteiger partial charge on any atom is -0.321 e. The molecule has 35 heavy (non-hydrogen) atoms. The molecule has 0 radical (unpaired) electrons. The lowest BCUT2D eigenvalue weighted by Gasteiger charge is -2.18. The number of fused-ring (bicyclic) bond motifs is 1. The average Bonchev–Trinajstić information content (AvgIpc) is 3.49. The van der Waals surface area contributed by atoms with Crippen LogP contribution in [0.2, 0.25) is 0 Å². The molecule has 0 aliphatic carbocycles. The number of nitrogens with one attached hydrogen (secondary N) is 3. The van der Waals surface area contributed by atoms with E-state index in [-0.39, 0.29) is 5.91 Å². The van der Waals surface area contributed by atoms with Crippen molar-refractivity contribution < 1.29 is 4.79 Å². The number of H-pyrrole nitrogens is 1.